The molecule has 1 saturated heterocycles. The number of rotatable bonds is 8. The topological polar surface area (TPSA) is 114 Å². The van der Waals surface area contributed by atoms with E-state index in [0.717, 1.165) is 0 Å². The number of nitrogens with zero attached hydrogens (tertiary/aromatic N) is 3. The number of carbonyl (C=O) groups excluding carboxylic acids is 2. The molecule has 2 amide bonds. The first kappa shape index (κ1) is 22.3. The second kappa shape index (κ2) is 11.1. The molecule has 0 bridgehead atoms. The maximum absolute atomic E-state index is 12.3. The summed E-state index contributed by atoms with van der Waals surface area (Å²) in [6.07, 6.45) is 3.01. The second-order valence-corrected chi connectivity index (χ2v) is 7.28. The number of amides is 2. The first-order valence-electron chi connectivity index (χ1n) is 9.68. The molecule has 0 radical (unpaired) electrons. The Morgan fingerprint density at radius 1 is 1.32 bits per heavy atom. The van der Waals surface area contributed by atoms with Gasteiger partial charge in [0.2, 0.25) is 0 Å². The zero-order valence-corrected chi connectivity index (χ0v) is 17.8. The number of nitriles is 1. The fourth-order valence-electron chi connectivity index (χ4n) is 2.81. The van der Waals surface area contributed by atoms with E-state index in [1.165, 1.54) is 17.4 Å². The smallest absolute Gasteiger partial charge is 0.268 e. The molecular weight excluding hydrogens is 420 g/mol. The maximum atomic E-state index is 12.3. The van der Waals surface area contributed by atoms with Gasteiger partial charge in [0.05, 0.1) is 19.8 Å². The Labute approximate surface area is 183 Å². The van der Waals surface area contributed by atoms with Crippen molar-refractivity contribution < 1.29 is 23.8 Å². The van der Waals surface area contributed by atoms with Crippen molar-refractivity contribution in [3.05, 3.63) is 40.9 Å². The molecule has 0 unspecified atom stereocenters. The molecule has 3 rings (SSSR count). The van der Waals surface area contributed by atoms with Crippen LogP contribution in [0.25, 0.3) is 6.08 Å². The summed E-state index contributed by atoms with van der Waals surface area (Å²) < 4.78 is 16.6. The van der Waals surface area contributed by atoms with Crippen LogP contribution >= 0.6 is 11.3 Å². The predicted octanol–water partition coefficient (Wildman–Crippen LogP) is 2.33. The lowest BCUT2D eigenvalue weighted by molar-refractivity contribution is -0.137. The number of nitrogens with one attached hydrogen (secondary N) is 1. The van der Waals surface area contributed by atoms with Crippen molar-refractivity contribution in [2.75, 3.05) is 44.8 Å². The minimum Gasteiger partial charge on any atom is -0.490 e. The highest BCUT2D eigenvalue weighted by atomic mass is 32.1. The number of anilines is 1. The number of ether oxygens (including phenoxy) is 3. The highest BCUT2D eigenvalue weighted by Gasteiger charge is 2.18. The van der Waals surface area contributed by atoms with Crippen molar-refractivity contribution >= 4 is 34.4 Å². The van der Waals surface area contributed by atoms with E-state index >= 15 is 0 Å². The molecule has 31 heavy (non-hydrogen) atoms. The van der Waals surface area contributed by atoms with Gasteiger partial charge in [0.1, 0.15) is 11.6 Å². The Morgan fingerprint density at radius 2 is 2.13 bits per heavy atom. The van der Waals surface area contributed by atoms with Crippen molar-refractivity contribution in [3.63, 3.8) is 0 Å². The summed E-state index contributed by atoms with van der Waals surface area (Å²) in [4.78, 5) is 30.3. The average molecular weight is 442 g/mol. The Hall–Kier alpha value is -3.42. The monoisotopic (exact) mass is 442 g/mol. The zero-order chi connectivity index (χ0) is 22.1. The summed E-state index contributed by atoms with van der Waals surface area (Å²) in [6.45, 7) is 4.23. The Morgan fingerprint density at radius 3 is 2.81 bits per heavy atom. The van der Waals surface area contributed by atoms with Gasteiger partial charge in [-0.05, 0) is 30.7 Å². The standard InChI is InChI=1S/C21H22N4O5S/c1-2-29-18-12-15(11-16(13-22)20(27)24-21-23-5-10-31-21)3-4-17(18)30-14-19(26)25-6-8-28-9-7-25/h3-5,10-12H,2,6-9,14H2,1H3,(H,23,24,27)/b16-11+. The van der Waals surface area contributed by atoms with Crippen molar-refractivity contribution in [2.45, 2.75) is 6.92 Å². The number of thiazole rings is 1. The van der Waals surface area contributed by atoms with Crippen LogP contribution in [0.4, 0.5) is 5.13 Å². The molecule has 1 fully saturated rings. The molecule has 9 nitrogen and oxygen atoms in total. The number of hydrogen-bond acceptors (Lipinski definition) is 8. The average Bonchev–Trinajstić information content (AvgIpc) is 3.30. The van der Waals surface area contributed by atoms with Crippen molar-refractivity contribution in [3.8, 4) is 17.6 Å². The molecular formula is C21H22N4O5S. The molecule has 0 spiro atoms. The molecule has 0 atom stereocenters. The first-order chi connectivity index (χ1) is 15.1. The second-order valence-electron chi connectivity index (χ2n) is 6.38. The molecule has 2 heterocycles. The third-order valence-electron chi connectivity index (χ3n) is 4.31. The van der Waals surface area contributed by atoms with Crippen molar-refractivity contribution in [1.82, 2.24) is 9.88 Å². The van der Waals surface area contributed by atoms with Gasteiger partial charge in [0.25, 0.3) is 11.8 Å². The van der Waals surface area contributed by atoms with E-state index < -0.39 is 5.91 Å². The van der Waals surface area contributed by atoms with Crippen LogP contribution in [0.5, 0.6) is 11.5 Å². The van der Waals surface area contributed by atoms with Crippen LogP contribution in [0.15, 0.2) is 35.3 Å². The summed E-state index contributed by atoms with van der Waals surface area (Å²) in [6, 6.07) is 6.89. The Kier molecular flexibility index (Phi) is 7.98. The molecule has 1 N–H and O–H groups in total. The SMILES string of the molecule is CCOc1cc(/C=C(\C#N)C(=O)Nc2nccs2)ccc1OCC(=O)N1CCOCC1. The van der Waals surface area contributed by atoms with Gasteiger partial charge in [-0.1, -0.05) is 6.07 Å². The molecule has 1 aliphatic rings. The fraction of sp³-hybridized carbons (Fsp3) is 0.333. The lowest BCUT2D eigenvalue weighted by atomic mass is 10.1. The molecule has 0 saturated carbocycles. The zero-order valence-electron chi connectivity index (χ0n) is 17.0. The van der Waals surface area contributed by atoms with E-state index in [-0.39, 0.29) is 18.1 Å². The van der Waals surface area contributed by atoms with Crippen LogP contribution < -0.4 is 14.8 Å². The molecule has 0 aliphatic carbocycles. The fourth-order valence-corrected chi connectivity index (χ4v) is 3.33. The van der Waals surface area contributed by atoms with E-state index in [1.807, 2.05) is 13.0 Å². The van der Waals surface area contributed by atoms with Gasteiger partial charge < -0.3 is 19.1 Å². The van der Waals surface area contributed by atoms with Gasteiger partial charge in [-0.15, -0.1) is 11.3 Å². The predicted molar refractivity (Wildman–Crippen MR) is 115 cm³/mol. The molecule has 162 valence electrons. The number of benzene rings is 1. The minimum absolute atomic E-state index is 0.0752. The van der Waals surface area contributed by atoms with Crippen LogP contribution in [0.2, 0.25) is 0 Å². The van der Waals surface area contributed by atoms with E-state index in [0.29, 0.717) is 55.1 Å². The van der Waals surface area contributed by atoms with Gasteiger partial charge >= 0.3 is 0 Å². The van der Waals surface area contributed by atoms with E-state index in [4.69, 9.17) is 14.2 Å². The van der Waals surface area contributed by atoms with Crippen molar-refractivity contribution in [1.29, 1.82) is 5.26 Å². The molecule has 10 heteroatoms. The number of morpholine rings is 1. The van der Waals surface area contributed by atoms with Gasteiger partial charge in [0, 0.05) is 24.7 Å². The quantitative estimate of drug-likeness (QED) is 0.493. The third-order valence-corrected chi connectivity index (χ3v) is 5.00. The largest absolute Gasteiger partial charge is 0.490 e. The van der Waals surface area contributed by atoms with Crippen LogP contribution in [0, 0.1) is 11.3 Å². The lowest BCUT2D eigenvalue weighted by Crippen LogP contribution is -2.43. The summed E-state index contributed by atoms with van der Waals surface area (Å²) in [7, 11) is 0. The van der Waals surface area contributed by atoms with Gasteiger partial charge in [0.15, 0.2) is 23.2 Å². The molecule has 1 aromatic carbocycles. The van der Waals surface area contributed by atoms with E-state index in [9.17, 15) is 14.9 Å². The van der Waals surface area contributed by atoms with Gasteiger partial charge in [-0.3, -0.25) is 14.9 Å². The summed E-state index contributed by atoms with van der Waals surface area (Å²) >= 11 is 1.26. The van der Waals surface area contributed by atoms with Crippen molar-refractivity contribution in [2.24, 2.45) is 0 Å². The van der Waals surface area contributed by atoms with Crippen LogP contribution in [0.3, 0.4) is 0 Å². The number of carbonyl (C=O) groups is 2. The first-order valence-corrected chi connectivity index (χ1v) is 10.6. The van der Waals surface area contributed by atoms with Gasteiger partial charge in [-0.25, -0.2) is 4.98 Å². The number of aromatic nitrogens is 1. The Bertz CT molecular complexity index is 978. The highest BCUT2D eigenvalue weighted by molar-refractivity contribution is 7.13. The summed E-state index contributed by atoms with van der Waals surface area (Å²) in [5.74, 6) is 0.155. The van der Waals surface area contributed by atoms with Crippen LogP contribution in [-0.2, 0) is 14.3 Å². The molecule has 1 aliphatic heterocycles. The van der Waals surface area contributed by atoms with E-state index in [2.05, 4.69) is 10.3 Å². The van der Waals surface area contributed by atoms with Crippen LogP contribution in [-0.4, -0.2) is 61.2 Å². The summed E-state index contributed by atoms with van der Waals surface area (Å²) in [5.41, 5.74) is 0.509. The Balaban J connectivity index is 1.71. The number of hydrogen-bond donors (Lipinski definition) is 1. The lowest BCUT2D eigenvalue weighted by Gasteiger charge is -2.26. The highest BCUT2D eigenvalue weighted by Crippen LogP contribution is 2.29. The minimum atomic E-state index is -0.549. The molecule has 2 aromatic rings. The normalized spacial score (nSPS) is 13.9. The summed E-state index contributed by atoms with van der Waals surface area (Å²) in [5, 5.41) is 14.1. The van der Waals surface area contributed by atoms with Gasteiger partial charge in [-0.2, -0.15) is 5.26 Å². The molecule has 1 aromatic heterocycles. The van der Waals surface area contributed by atoms with Crippen LogP contribution in [0.1, 0.15) is 12.5 Å². The van der Waals surface area contributed by atoms with E-state index in [1.54, 1.807) is 34.7 Å². The maximum Gasteiger partial charge on any atom is 0.268 e. The third kappa shape index (κ3) is 6.28.